The van der Waals surface area contributed by atoms with Crippen LogP contribution in [-0.2, 0) is 42.2 Å². The number of aryl methyl sites for hydroxylation is 1. The number of carbonyl (C=O) groups is 3. The molecule has 0 N–H and O–H groups in total. The first-order valence-corrected chi connectivity index (χ1v) is 32.6. The van der Waals surface area contributed by atoms with E-state index >= 15 is 0 Å². The summed E-state index contributed by atoms with van der Waals surface area (Å²) in [6, 6.07) is 18.6. The highest BCUT2D eigenvalue weighted by Crippen LogP contribution is 2.38. The van der Waals surface area contributed by atoms with Crippen molar-refractivity contribution in [3.63, 3.8) is 0 Å². The average Bonchev–Trinajstić information content (AvgIpc) is 3.74. The van der Waals surface area contributed by atoms with E-state index in [9.17, 15) is 14.4 Å². The monoisotopic (exact) mass is 1090 g/mol. The third-order valence-corrected chi connectivity index (χ3v) is 23.6. The zero-order valence-corrected chi connectivity index (χ0v) is 51.1. The number of methoxy groups -OCH3 is 2. The number of ketones is 1. The molecular formula is C63H105NO10Si2. The third-order valence-electron chi connectivity index (χ3n) is 14.6. The molecule has 0 amide bonds. The quantitative estimate of drug-likeness (QED) is 0.0374. The highest BCUT2D eigenvalue weighted by atomic mass is 28.4. The normalized spacial score (nSPS) is 15.1. The van der Waals surface area contributed by atoms with Gasteiger partial charge in [0.25, 0.3) is 0 Å². The predicted molar refractivity (Wildman–Crippen MR) is 320 cm³/mol. The van der Waals surface area contributed by atoms with E-state index in [0.29, 0.717) is 41.8 Å². The number of oxazole rings is 1. The minimum absolute atomic E-state index is 0. The van der Waals surface area contributed by atoms with Gasteiger partial charge in [-0.05, 0) is 137 Å². The van der Waals surface area contributed by atoms with Crippen LogP contribution in [0.2, 0.25) is 36.3 Å². The largest absolute Gasteiger partial charge is 0.455 e. The molecule has 1 heterocycles. The average molecular weight is 1090 g/mol. The van der Waals surface area contributed by atoms with E-state index in [1.807, 2.05) is 67.6 Å². The van der Waals surface area contributed by atoms with Crippen molar-refractivity contribution in [2.75, 3.05) is 27.4 Å². The second kappa shape index (κ2) is 34.6. The Morgan fingerprint density at radius 1 is 0.632 bits per heavy atom. The number of rotatable bonds is 29. The van der Waals surface area contributed by atoms with Gasteiger partial charge in [-0.15, -0.1) is 0 Å². The van der Waals surface area contributed by atoms with Crippen LogP contribution in [0.25, 0.3) is 6.08 Å². The van der Waals surface area contributed by atoms with Crippen LogP contribution in [0.5, 0.6) is 0 Å². The molecule has 1 aromatic heterocycles. The van der Waals surface area contributed by atoms with Crippen molar-refractivity contribution >= 4 is 40.4 Å². The van der Waals surface area contributed by atoms with Gasteiger partial charge in [-0.25, -0.2) is 14.6 Å². The van der Waals surface area contributed by atoms with Crippen molar-refractivity contribution in [3.8, 4) is 0 Å². The zero-order chi connectivity index (χ0) is 55.9. The summed E-state index contributed by atoms with van der Waals surface area (Å²) in [6.45, 7) is 38.4. The van der Waals surface area contributed by atoms with E-state index in [-0.39, 0.29) is 30.7 Å². The highest BCUT2D eigenvalue weighted by molar-refractivity contribution is 6.74. The van der Waals surface area contributed by atoms with Crippen LogP contribution in [0.4, 0.5) is 0 Å². The minimum Gasteiger partial charge on any atom is -0.455 e. The second-order valence-electron chi connectivity index (χ2n) is 23.4. The second-order valence-corrected chi connectivity index (χ2v) is 33.0. The summed E-state index contributed by atoms with van der Waals surface area (Å²) in [6.07, 6.45) is 12.1. The first kappa shape index (κ1) is 71.8. The Kier molecular flexibility index (Phi) is 32.7. The molecule has 0 aliphatic heterocycles. The highest BCUT2D eigenvalue weighted by Gasteiger charge is 2.38. The molecule has 0 spiro atoms. The first-order valence-electron chi connectivity index (χ1n) is 26.8. The van der Waals surface area contributed by atoms with Crippen molar-refractivity contribution in [1.82, 2.24) is 4.98 Å². The molecule has 3 aromatic rings. The Labute approximate surface area is 464 Å². The fraction of sp³-hybridized carbons (Fsp3) is 0.619. The molecule has 430 valence electrons. The van der Waals surface area contributed by atoms with Gasteiger partial charge in [0, 0.05) is 47.2 Å². The number of hydrogen-bond acceptors (Lipinski definition) is 11. The van der Waals surface area contributed by atoms with Gasteiger partial charge in [-0.1, -0.05) is 154 Å². The summed E-state index contributed by atoms with van der Waals surface area (Å²) in [7, 11) is -0.433. The van der Waals surface area contributed by atoms with Crippen LogP contribution in [0.3, 0.4) is 0 Å². The summed E-state index contributed by atoms with van der Waals surface area (Å²) >= 11 is 0. The fourth-order valence-electron chi connectivity index (χ4n) is 7.37. The van der Waals surface area contributed by atoms with E-state index in [1.54, 1.807) is 25.3 Å². The Morgan fingerprint density at radius 2 is 1.01 bits per heavy atom. The number of esters is 2. The fourth-order valence-corrected chi connectivity index (χ4v) is 9.64. The Bertz CT molecular complexity index is 2220. The maximum atomic E-state index is 13.2. The molecule has 0 aliphatic carbocycles. The molecule has 0 saturated carbocycles. The van der Waals surface area contributed by atoms with Crippen LogP contribution in [-0.4, -0.2) is 79.0 Å². The summed E-state index contributed by atoms with van der Waals surface area (Å²) < 4.78 is 40.5. The molecule has 11 nitrogen and oxygen atoms in total. The summed E-state index contributed by atoms with van der Waals surface area (Å²) in [5, 5.41) is 0.461. The lowest BCUT2D eigenvalue weighted by molar-refractivity contribution is -0.164. The molecule has 3 rings (SSSR count). The maximum absolute atomic E-state index is 13.2. The van der Waals surface area contributed by atoms with Gasteiger partial charge in [0.2, 0.25) is 0 Å². The van der Waals surface area contributed by atoms with Crippen molar-refractivity contribution in [1.29, 1.82) is 0 Å². The number of hydrogen-bond donors (Lipinski definition) is 0. The van der Waals surface area contributed by atoms with Gasteiger partial charge in [-0.3, -0.25) is 4.79 Å². The minimum atomic E-state index is -1.72. The van der Waals surface area contributed by atoms with E-state index < -0.39 is 53.0 Å². The molecule has 0 radical (unpaired) electrons. The Balaban J connectivity index is 0.00000146. The Hall–Kier alpha value is -4.25. The number of allylic oxidation sites excluding steroid dienone is 2. The lowest BCUT2D eigenvalue weighted by Gasteiger charge is -2.37. The molecule has 76 heavy (non-hydrogen) atoms. The van der Waals surface area contributed by atoms with Gasteiger partial charge in [0.1, 0.15) is 18.1 Å². The number of ether oxygens (including phenoxy) is 4. The molecule has 6 atom stereocenters. The molecule has 13 heteroatoms. The van der Waals surface area contributed by atoms with E-state index in [0.717, 1.165) is 62.9 Å². The van der Waals surface area contributed by atoms with Crippen LogP contribution < -0.4 is 0 Å². The maximum Gasteiger partial charge on any atom is 0.340 e. The van der Waals surface area contributed by atoms with Crippen LogP contribution in [0, 0.1) is 18.8 Å². The molecule has 0 saturated heterocycles. The predicted octanol–water partition coefficient (Wildman–Crippen LogP) is 17.2. The van der Waals surface area contributed by atoms with Crippen molar-refractivity contribution in [2.24, 2.45) is 11.8 Å². The van der Waals surface area contributed by atoms with Gasteiger partial charge in [0.15, 0.2) is 46.6 Å². The summed E-state index contributed by atoms with van der Waals surface area (Å²) in [5.74, 6) is 0.500. The molecular weight excluding hydrogens is 987 g/mol. The zero-order valence-electron chi connectivity index (χ0n) is 49.1. The van der Waals surface area contributed by atoms with E-state index in [4.69, 9.17) is 32.2 Å². The third kappa shape index (κ3) is 25.9. The molecule has 2 aromatic carbocycles. The van der Waals surface area contributed by atoms with Crippen LogP contribution in [0.15, 0.2) is 100 Å². The number of Topliss-reactive ketones (excluding diaryl/α,β-unsaturated/α-hetero) is 1. The summed E-state index contributed by atoms with van der Waals surface area (Å²) in [5.41, 5.74) is 5.56. The van der Waals surface area contributed by atoms with Crippen molar-refractivity contribution < 1.29 is 46.6 Å². The van der Waals surface area contributed by atoms with E-state index in [1.165, 1.54) is 32.3 Å². The topological polar surface area (TPSA) is 133 Å². The number of nitrogens with zero attached hydrogens (tertiary/aromatic N) is 1. The standard InChI is InChI=1S/C33H51NO5Si.C28H46O5Si.2CH4/c1-24(15-14-16-25(2)22-38-40(9,10)33(5,6)7)19-20-30(26(3)21-29-23-37-27(4)34-29)39-32(35)31(36-8)28-17-12-11-13-18-28;1-21(14-13-15-22(2)20-32-34(8,9)28(4,5)6)18-19-25(23(3)29)33-27(30)26(31-7)24-16-11-10-12-17-24;;/h11-13,17-19,21,23,25,30-31H,14-16,20,22H2,1-10H3;10-12,16-18,22,25-26H,13-15,19-20H2,1-9H3;2*1H4/b24-19-,26-21+;21-18-;;/t25-,30-,31+;22-,25-,26+;;/m00../s1. The summed E-state index contributed by atoms with van der Waals surface area (Å²) in [4.78, 5) is 42.3. The van der Waals surface area contributed by atoms with Crippen LogP contribution >= 0.6 is 0 Å². The van der Waals surface area contributed by atoms with Gasteiger partial charge in [-0.2, -0.15) is 0 Å². The lowest BCUT2D eigenvalue weighted by atomic mass is 10.00. The Morgan fingerprint density at radius 3 is 1.36 bits per heavy atom. The molecule has 0 bridgehead atoms. The molecule has 0 fully saturated rings. The molecule has 0 unspecified atom stereocenters. The molecule has 0 aliphatic rings. The number of benzene rings is 2. The van der Waals surface area contributed by atoms with Gasteiger partial charge >= 0.3 is 11.9 Å². The van der Waals surface area contributed by atoms with Gasteiger partial charge < -0.3 is 32.2 Å². The first-order chi connectivity index (χ1) is 34.5. The number of carbonyl (C=O) groups excluding carboxylic acids is 3. The van der Waals surface area contributed by atoms with Crippen molar-refractivity contribution in [2.45, 2.75) is 217 Å². The van der Waals surface area contributed by atoms with Gasteiger partial charge in [0.05, 0.1) is 0 Å². The van der Waals surface area contributed by atoms with Crippen LogP contribution in [0.1, 0.15) is 184 Å². The number of aromatic nitrogens is 1. The van der Waals surface area contributed by atoms with E-state index in [2.05, 4.69) is 106 Å². The SMILES string of the molecule is C.C.CO[C@@H](C(=O)O[C@@H](C/C=C(/C)CCC[C@H](C)CO[Si](C)(C)C(C)(C)C)/C(C)=C/c1coc(C)n1)c1ccccc1.CO[C@@H](C(=O)O[C@@H](C/C=C(/C)CCC[C@H](C)CO[Si](C)(C)C(C)(C)C)C(C)=O)c1ccccc1. The van der Waals surface area contributed by atoms with Crippen molar-refractivity contribution in [3.05, 3.63) is 119 Å². The lowest BCUT2D eigenvalue weighted by Crippen LogP contribution is -2.41. The smallest absolute Gasteiger partial charge is 0.340 e.